The van der Waals surface area contributed by atoms with Gasteiger partial charge in [0.25, 0.3) is 0 Å². The molecule has 0 bridgehead atoms. The molecule has 1 heterocycles. The number of benzene rings is 1. The monoisotopic (exact) mass is 305 g/mol. The van der Waals surface area contributed by atoms with Gasteiger partial charge < -0.3 is 14.7 Å². The number of hydrogen-bond donors (Lipinski definition) is 1. The normalized spacial score (nSPS) is 18.9. The Morgan fingerprint density at radius 2 is 1.77 bits per heavy atom. The van der Waals surface area contributed by atoms with Crippen LogP contribution in [0.5, 0.6) is 5.75 Å². The van der Waals surface area contributed by atoms with Crippen molar-refractivity contribution < 1.29 is 9.84 Å². The first-order valence-corrected chi connectivity index (χ1v) is 8.86. The molecule has 0 unspecified atom stereocenters. The molecule has 22 heavy (non-hydrogen) atoms. The van der Waals surface area contributed by atoms with Crippen molar-refractivity contribution in [1.82, 2.24) is 4.90 Å². The van der Waals surface area contributed by atoms with E-state index in [2.05, 4.69) is 18.7 Å². The van der Waals surface area contributed by atoms with Gasteiger partial charge >= 0.3 is 0 Å². The number of ether oxygens (including phenoxy) is 1. The van der Waals surface area contributed by atoms with E-state index in [1.54, 1.807) is 0 Å². The van der Waals surface area contributed by atoms with E-state index < -0.39 is 5.60 Å². The van der Waals surface area contributed by atoms with E-state index in [0.29, 0.717) is 0 Å². The summed E-state index contributed by atoms with van der Waals surface area (Å²) in [5, 5.41) is 11.0. The first kappa shape index (κ1) is 17.3. The summed E-state index contributed by atoms with van der Waals surface area (Å²) in [7, 11) is 0. The van der Waals surface area contributed by atoms with Crippen LogP contribution in [0.1, 0.15) is 57.9 Å². The minimum Gasteiger partial charge on any atom is -0.494 e. The van der Waals surface area contributed by atoms with Crippen LogP contribution >= 0.6 is 0 Å². The van der Waals surface area contributed by atoms with Crippen molar-refractivity contribution >= 4 is 0 Å². The summed E-state index contributed by atoms with van der Waals surface area (Å²) in [6.07, 6.45) is 6.51. The maximum Gasteiger partial charge on any atom is 0.119 e. The number of hydrogen-bond acceptors (Lipinski definition) is 3. The molecule has 1 saturated heterocycles. The van der Waals surface area contributed by atoms with E-state index >= 15 is 0 Å². The van der Waals surface area contributed by atoms with Crippen LogP contribution < -0.4 is 4.74 Å². The van der Waals surface area contributed by atoms with Crippen LogP contribution in [0.25, 0.3) is 0 Å². The summed E-state index contributed by atoms with van der Waals surface area (Å²) < 4.78 is 5.62. The molecule has 1 atom stereocenters. The standard InChI is InChI=1S/C19H31NO2/c1-3-16-22-18-10-8-17(9-11-18)19(21,4-2)12-15-20-13-6-5-7-14-20/h8-11,21H,3-7,12-16H2,1-2H3/t19-/m1/s1. The van der Waals surface area contributed by atoms with Crippen LogP contribution in [-0.4, -0.2) is 36.2 Å². The molecule has 1 fully saturated rings. The summed E-state index contributed by atoms with van der Waals surface area (Å²) in [5.41, 5.74) is 0.289. The molecule has 0 aromatic heterocycles. The zero-order valence-electron chi connectivity index (χ0n) is 14.2. The third-order valence-corrected chi connectivity index (χ3v) is 4.74. The first-order valence-electron chi connectivity index (χ1n) is 8.86. The van der Waals surface area contributed by atoms with Gasteiger partial charge in [0, 0.05) is 6.54 Å². The highest BCUT2D eigenvalue weighted by molar-refractivity contribution is 5.31. The van der Waals surface area contributed by atoms with Crippen molar-refractivity contribution in [3.8, 4) is 5.75 Å². The van der Waals surface area contributed by atoms with Crippen molar-refractivity contribution in [2.45, 2.75) is 58.0 Å². The van der Waals surface area contributed by atoms with Gasteiger partial charge in [0.05, 0.1) is 12.2 Å². The average molecular weight is 305 g/mol. The lowest BCUT2D eigenvalue weighted by molar-refractivity contribution is 0.0115. The molecule has 1 N–H and O–H groups in total. The summed E-state index contributed by atoms with van der Waals surface area (Å²) in [4.78, 5) is 2.49. The Hall–Kier alpha value is -1.06. The predicted octanol–water partition coefficient (Wildman–Crippen LogP) is 3.95. The number of nitrogens with zero attached hydrogens (tertiary/aromatic N) is 1. The molecule has 0 radical (unpaired) electrons. The molecule has 3 heteroatoms. The van der Waals surface area contributed by atoms with Gasteiger partial charge in [-0.2, -0.15) is 0 Å². The van der Waals surface area contributed by atoms with Crippen LogP contribution in [0.3, 0.4) is 0 Å². The topological polar surface area (TPSA) is 32.7 Å². The molecule has 1 aliphatic rings. The second-order valence-corrected chi connectivity index (χ2v) is 6.41. The van der Waals surface area contributed by atoms with Crippen LogP contribution in [-0.2, 0) is 5.60 Å². The Labute approximate surface area is 135 Å². The Morgan fingerprint density at radius 1 is 1.09 bits per heavy atom. The van der Waals surface area contributed by atoms with Crippen molar-refractivity contribution in [2.75, 3.05) is 26.2 Å². The fourth-order valence-electron chi connectivity index (χ4n) is 3.13. The van der Waals surface area contributed by atoms with Crippen LogP contribution in [0.15, 0.2) is 24.3 Å². The minimum absolute atomic E-state index is 0.721. The Kier molecular flexibility index (Phi) is 6.71. The van der Waals surface area contributed by atoms with E-state index in [1.165, 1.54) is 32.4 Å². The second-order valence-electron chi connectivity index (χ2n) is 6.41. The number of rotatable bonds is 8. The second kappa shape index (κ2) is 8.54. The van der Waals surface area contributed by atoms with Gasteiger partial charge in [-0.25, -0.2) is 0 Å². The fourth-order valence-corrected chi connectivity index (χ4v) is 3.13. The van der Waals surface area contributed by atoms with Crippen LogP contribution in [0.4, 0.5) is 0 Å². The Morgan fingerprint density at radius 3 is 2.36 bits per heavy atom. The minimum atomic E-state index is -0.721. The first-order chi connectivity index (χ1) is 10.7. The van der Waals surface area contributed by atoms with E-state index in [9.17, 15) is 5.11 Å². The lowest BCUT2D eigenvalue weighted by atomic mass is 9.87. The highest BCUT2D eigenvalue weighted by atomic mass is 16.5. The third-order valence-electron chi connectivity index (χ3n) is 4.74. The molecule has 1 aromatic rings. The van der Waals surface area contributed by atoms with E-state index in [4.69, 9.17) is 4.74 Å². The predicted molar refractivity (Wildman–Crippen MR) is 91.3 cm³/mol. The Balaban J connectivity index is 1.95. The fraction of sp³-hybridized carbons (Fsp3) is 0.684. The maximum absolute atomic E-state index is 11.0. The third kappa shape index (κ3) is 4.72. The molecule has 1 aliphatic heterocycles. The molecule has 0 saturated carbocycles. The van der Waals surface area contributed by atoms with Gasteiger partial charge in [0.15, 0.2) is 0 Å². The Bertz CT molecular complexity index is 426. The van der Waals surface area contributed by atoms with Crippen LogP contribution in [0.2, 0.25) is 0 Å². The SMILES string of the molecule is CCCOc1ccc([C@@](O)(CC)CCN2CCCCC2)cc1. The van der Waals surface area contributed by atoms with E-state index in [-0.39, 0.29) is 0 Å². The smallest absolute Gasteiger partial charge is 0.119 e. The van der Waals surface area contributed by atoms with Crippen LogP contribution in [0, 0.1) is 0 Å². The largest absolute Gasteiger partial charge is 0.494 e. The zero-order valence-corrected chi connectivity index (χ0v) is 14.2. The molecule has 124 valence electrons. The quantitative estimate of drug-likeness (QED) is 0.789. The maximum atomic E-state index is 11.0. The van der Waals surface area contributed by atoms with Crippen molar-refractivity contribution in [3.05, 3.63) is 29.8 Å². The summed E-state index contributed by atoms with van der Waals surface area (Å²) in [6, 6.07) is 7.99. The van der Waals surface area contributed by atoms with Crippen molar-refractivity contribution in [3.63, 3.8) is 0 Å². The summed E-state index contributed by atoms with van der Waals surface area (Å²) >= 11 is 0. The molecule has 1 aromatic carbocycles. The van der Waals surface area contributed by atoms with E-state index in [0.717, 1.165) is 43.7 Å². The molecular weight excluding hydrogens is 274 g/mol. The van der Waals surface area contributed by atoms with Gasteiger partial charge in [-0.1, -0.05) is 32.4 Å². The molecule has 2 rings (SSSR count). The van der Waals surface area contributed by atoms with Gasteiger partial charge in [0.2, 0.25) is 0 Å². The van der Waals surface area contributed by atoms with Crippen molar-refractivity contribution in [2.24, 2.45) is 0 Å². The van der Waals surface area contributed by atoms with Crippen molar-refractivity contribution in [1.29, 1.82) is 0 Å². The van der Waals surface area contributed by atoms with Gasteiger partial charge in [0.1, 0.15) is 5.75 Å². The van der Waals surface area contributed by atoms with Gasteiger partial charge in [-0.15, -0.1) is 0 Å². The number of piperidine rings is 1. The zero-order chi connectivity index (χ0) is 15.8. The van der Waals surface area contributed by atoms with E-state index in [1.807, 2.05) is 24.3 Å². The number of likely N-dealkylation sites (tertiary alicyclic amines) is 1. The molecule has 3 nitrogen and oxygen atoms in total. The average Bonchev–Trinajstić information content (AvgIpc) is 2.59. The molecule has 0 spiro atoms. The molecule has 0 amide bonds. The lowest BCUT2D eigenvalue weighted by Gasteiger charge is -2.32. The van der Waals surface area contributed by atoms with Gasteiger partial charge in [-0.05, 0) is 62.9 Å². The molecular formula is C19H31NO2. The summed E-state index contributed by atoms with van der Waals surface area (Å²) in [5.74, 6) is 0.889. The highest BCUT2D eigenvalue weighted by Gasteiger charge is 2.28. The summed E-state index contributed by atoms with van der Waals surface area (Å²) in [6.45, 7) is 8.26. The number of aliphatic hydroxyl groups is 1. The lowest BCUT2D eigenvalue weighted by Crippen LogP contribution is -2.36. The highest BCUT2D eigenvalue weighted by Crippen LogP contribution is 2.30. The van der Waals surface area contributed by atoms with Gasteiger partial charge in [-0.3, -0.25) is 0 Å². The molecule has 0 aliphatic carbocycles.